The predicted molar refractivity (Wildman–Crippen MR) is 111 cm³/mol. The maximum absolute atomic E-state index is 12.6. The SMILES string of the molecule is CC(O)C(N)C(=O)NC(CC(=O)O)C(=O)NC(CCC(N)=O)C(=O)NC(CCC(=O)O)C(=O)O. The fourth-order valence-corrected chi connectivity index (χ4v) is 2.50. The topological polar surface area (TPSA) is 289 Å². The average molecular weight is 491 g/mol. The second-order valence-corrected chi connectivity index (χ2v) is 7.32. The summed E-state index contributed by atoms with van der Waals surface area (Å²) < 4.78 is 0. The minimum atomic E-state index is -1.75. The van der Waals surface area contributed by atoms with Crippen LogP contribution in [0.2, 0.25) is 0 Å². The largest absolute Gasteiger partial charge is 0.481 e. The smallest absolute Gasteiger partial charge is 0.326 e. The van der Waals surface area contributed by atoms with E-state index < -0.39 is 104 Å². The van der Waals surface area contributed by atoms with E-state index in [1.807, 2.05) is 10.6 Å². The Morgan fingerprint density at radius 2 is 1.21 bits per heavy atom. The molecule has 5 unspecified atom stereocenters. The third-order valence-corrected chi connectivity index (χ3v) is 4.41. The Morgan fingerprint density at radius 1 is 0.735 bits per heavy atom. The van der Waals surface area contributed by atoms with Crippen molar-refractivity contribution in [3.63, 3.8) is 0 Å². The van der Waals surface area contributed by atoms with E-state index >= 15 is 0 Å². The molecule has 0 fully saturated rings. The van der Waals surface area contributed by atoms with Gasteiger partial charge in [0.05, 0.1) is 12.5 Å². The molecule has 192 valence electrons. The Hall–Kier alpha value is -3.79. The molecule has 0 bridgehead atoms. The number of nitrogens with one attached hydrogen (secondary N) is 3. The number of hydrogen-bond donors (Lipinski definition) is 9. The third-order valence-electron chi connectivity index (χ3n) is 4.41. The molecule has 0 radical (unpaired) electrons. The summed E-state index contributed by atoms with van der Waals surface area (Å²) >= 11 is 0. The molecule has 0 spiro atoms. The van der Waals surface area contributed by atoms with Gasteiger partial charge in [0, 0.05) is 12.8 Å². The monoisotopic (exact) mass is 491 g/mol. The predicted octanol–water partition coefficient (Wildman–Crippen LogP) is -4.16. The number of aliphatic hydroxyl groups is 1. The van der Waals surface area contributed by atoms with Crippen LogP contribution < -0.4 is 27.4 Å². The van der Waals surface area contributed by atoms with Crippen LogP contribution in [0.1, 0.15) is 39.0 Å². The highest BCUT2D eigenvalue weighted by molar-refractivity contribution is 5.96. The van der Waals surface area contributed by atoms with Gasteiger partial charge in [-0.1, -0.05) is 0 Å². The first-order chi connectivity index (χ1) is 15.6. The summed E-state index contributed by atoms with van der Waals surface area (Å²) in [5.41, 5.74) is 10.5. The zero-order valence-electron chi connectivity index (χ0n) is 18.2. The normalized spacial score (nSPS) is 15.0. The Labute approximate surface area is 193 Å². The molecule has 0 heterocycles. The molecule has 16 heteroatoms. The number of hydrogen-bond acceptors (Lipinski definition) is 9. The van der Waals surface area contributed by atoms with Gasteiger partial charge in [0.1, 0.15) is 24.2 Å². The highest BCUT2D eigenvalue weighted by atomic mass is 16.4. The number of carbonyl (C=O) groups is 7. The van der Waals surface area contributed by atoms with E-state index in [1.54, 1.807) is 0 Å². The van der Waals surface area contributed by atoms with Crippen LogP contribution in [-0.2, 0) is 33.6 Å². The van der Waals surface area contributed by atoms with Gasteiger partial charge in [-0.15, -0.1) is 0 Å². The van der Waals surface area contributed by atoms with E-state index in [9.17, 15) is 43.8 Å². The van der Waals surface area contributed by atoms with Gasteiger partial charge in [-0.25, -0.2) is 4.79 Å². The van der Waals surface area contributed by atoms with Gasteiger partial charge < -0.3 is 47.8 Å². The van der Waals surface area contributed by atoms with E-state index in [4.69, 9.17) is 21.7 Å². The lowest BCUT2D eigenvalue weighted by molar-refractivity contribution is -0.144. The number of aliphatic hydroxyl groups excluding tert-OH is 1. The summed E-state index contributed by atoms with van der Waals surface area (Å²) in [6, 6.07) is -6.48. The second kappa shape index (κ2) is 14.4. The number of primary amides is 1. The van der Waals surface area contributed by atoms with Crippen molar-refractivity contribution in [2.45, 2.75) is 69.3 Å². The molecule has 0 aliphatic rings. The van der Waals surface area contributed by atoms with Crippen molar-refractivity contribution in [3.8, 4) is 0 Å². The molecule has 34 heavy (non-hydrogen) atoms. The fourth-order valence-electron chi connectivity index (χ4n) is 2.50. The molecular weight excluding hydrogens is 462 g/mol. The van der Waals surface area contributed by atoms with Crippen molar-refractivity contribution < 1.29 is 54.0 Å². The van der Waals surface area contributed by atoms with Crippen LogP contribution >= 0.6 is 0 Å². The molecule has 0 saturated heterocycles. The number of carboxylic acids is 3. The van der Waals surface area contributed by atoms with Gasteiger partial charge in [-0.3, -0.25) is 28.8 Å². The summed E-state index contributed by atoms with van der Waals surface area (Å²) in [4.78, 5) is 81.5. The first-order valence-corrected chi connectivity index (χ1v) is 9.95. The van der Waals surface area contributed by atoms with Gasteiger partial charge in [-0.05, 0) is 19.8 Å². The lowest BCUT2D eigenvalue weighted by atomic mass is 10.1. The van der Waals surface area contributed by atoms with E-state index in [1.165, 1.54) is 6.92 Å². The second-order valence-electron chi connectivity index (χ2n) is 7.32. The van der Waals surface area contributed by atoms with Gasteiger partial charge in [0.2, 0.25) is 23.6 Å². The van der Waals surface area contributed by atoms with Crippen molar-refractivity contribution in [1.29, 1.82) is 0 Å². The molecule has 5 atom stereocenters. The zero-order chi connectivity index (χ0) is 26.6. The maximum Gasteiger partial charge on any atom is 0.326 e. The summed E-state index contributed by atoms with van der Waals surface area (Å²) in [5, 5.41) is 42.5. The highest BCUT2D eigenvalue weighted by Crippen LogP contribution is 2.05. The molecule has 0 aromatic heterocycles. The van der Waals surface area contributed by atoms with Gasteiger partial charge in [-0.2, -0.15) is 0 Å². The van der Waals surface area contributed by atoms with E-state index in [-0.39, 0.29) is 0 Å². The number of carboxylic acid groups (broad SMARTS) is 3. The Morgan fingerprint density at radius 3 is 1.65 bits per heavy atom. The molecule has 0 saturated carbocycles. The lowest BCUT2D eigenvalue weighted by Gasteiger charge is -2.24. The van der Waals surface area contributed by atoms with Crippen LogP contribution in [0.25, 0.3) is 0 Å². The van der Waals surface area contributed by atoms with E-state index in [2.05, 4.69) is 5.32 Å². The average Bonchev–Trinajstić information content (AvgIpc) is 2.71. The number of nitrogens with two attached hydrogens (primary N) is 2. The maximum atomic E-state index is 12.6. The van der Waals surface area contributed by atoms with E-state index in [0.717, 1.165) is 0 Å². The van der Waals surface area contributed by atoms with Crippen molar-refractivity contribution in [1.82, 2.24) is 16.0 Å². The third kappa shape index (κ3) is 11.7. The molecule has 4 amide bonds. The number of carbonyl (C=O) groups excluding carboxylic acids is 4. The highest BCUT2D eigenvalue weighted by Gasteiger charge is 2.32. The van der Waals surface area contributed by atoms with Crippen LogP contribution in [0.4, 0.5) is 0 Å². The van der Waals surface area contributed by atoms with Crippen LogP contribution in [0.5, 0.6) is 0 Å². The molecule has 16 nitrogen and oxygen atoms in total. The van der Waals surface area contributed by atoms with Crippen LogP contribution in [-0.4, -0.2) is 92.2 Å². The van der Waals surface area contributed by atoms with Crippen LogP contribution in [0.3, 0.4) is 0 Å². The van der Waals surface area contributed by atoms with E-state index in [0.29, 0.717) is 0 Å². The molecule has 0 aromatic carbocycles. The fraction of sp³-hybridized carbons (Fsp3) is 0.611. The van der Waals surface area contributed by atoms with Gasteiger partial charge >= 0.3 is 17.9 Å². The molecule has 11 N–H and O–H groups in total. The molecule has 0 aromatic rings. The Balaban J connectivity index is 5.61. The van der Waals surface area contributed by atoms with Crippen LogP contribution in [0.15, 0.2) is 0 Å². The van der Waals surface area contributed by atoms with Crippen molar-refractivity contribution in [2.75, 3.05) is 0 Å². The van der Waals surface area contributed by atoms with Crippen molar-refractivity contribution >= 4 is 41.5 Å². The van der Waals surface area contributed by atoms with Gasteiger partial charge in [0.25, 0.3) is 0 Å². The minimum Gasteiger partial charge on any atom is -0.481 e. The molecule has 0 aliphatic heterocycles. The molecule has 0 aliphatic carbocycles. The number of rotatable bonds is 16. The Bertz CT molecular complexity index is 801. The molecule has 0 rings (SSSR count). The standard InChI is InChI=1S/C18H29N5O11/c1-7(24)14(20)17(32)23-10(6-13(28)29)16(31)21-8(2-4-11(19)25)15(30)22-9(18(33)34)3-5-12(26)27/h7-10,14,24H,2-6,20H2,1H3,(H2,19,25)(H,21,31)(H,22,30)(H,23,32)(H,26,27)(H,28,29)(H,33,34). The summed E-state index contributed by atoms with van der Waals surface area (Å²) in [6.45, 7) is 1.18. The van der Waals surface area contributed by atoms with Crippen molar-refractivity contribution in [2.24, 2.45) is 11.5 Å². The van der Waals surface area contributed by atoms with Crippen molar-refractivity contribution in [3.05, 3.63) is 0 Å². The molecular formula is C18H29N5O11. The summed E-state index contributed by atoms with van der Waals surface area (Å²) in [6.07, 6.45) is -4.20. The minimum absolute atomic E-state index is 0.418. The number of amides is 4. The quantitative estimate of drug-likeness (QED) is 0.0993. The summed E-state index contributed by atoms with van der Waals surface area (Å²) in [5.74, 6) is -8.62. The first kappa shape index (κ1) is 30.2. The summed E-state index contributed by atoms with van der Waals surface area (Å²) in [7, 11) is 0. The lowest BCUT2D eigenvalue weighted by Crippen LogP contribution is -2.58. The van der Waals surface area contributed by atoms with Gasteiger partial charge in [0.15, 0.2) is 0 Å². The first-order valence-electron chi connectivity index (χ1n) is 9.95. The van der Waals surface area contributed by atoms with Crippen LogP contribution in [0, 0.1) is 0 Å². The Kier molecular flexibility index (Phi) is 12.8. The number of aliphatic carboxylic acids is 3. The zero-order valence-corrected chi connectivity index (χ0v) is 18.2.